The van der Waals surface area contributed by atoms with Gasteiger partial charge in [-0.3, -0.25) is 9.36 Å². The van der Waals surface area contributed by atoms with Crippen molar-refractivity contribution in [3.8, 4) is 11.1 Å². The molecule has 0 unspecified atom stereocenters. The normalized spacial score (nSPS) is 12.3. The quantitative estimate of drug-likeness (QED) is 0.605. The molecular weight excluding hydrogens is 360 g/mol. The molecule has 0 saturated carbocycles. The van der Waals surface area contributed by atoms with Crippen LogP contribution in [0.5, 0.6) is 0 Å². The maximum atomic E-state index is 13.2. The summed E-state index contributed by atoms with van der Waals surface area (Å²) in [5.74, 6) is -0.417. The highest BCUT2D eigenvalue weighted by Gasteiger charge is 2.22. The van der Waals surface area contributed by atoms with E-state index in [0.717, 1.165) is 22.4 Å². The fraction of sp³-hybridized carbons (Fsp3) is 0.381. The predicted octanol–water partition coefficient (Wildman–Crippen LogP) is 4.56. The van der Waals surface area contributed by atoms with E-state index in [0.29, 0.717) is 16.8 Å². The van der Waals surface area contributed by atoms with Gasteiger partial charge in [0.25, 0.3) is 5.56 Å². The van der Waals surface area contributed by atoms with Crippen LogP contribution in [0, 0.1) is 20.8 Å². The first-order chi connectivity index (χ1) is 12.8. The van der Waals surface area contributed by atoms with Gasteiger partial charge < -0.3 is 4.74 Å². The van der Waals surface area contributed by atoms with Gasteiger partial charge in [-0.1, -0.05) is 25.1 Å². The van der Waals surface area contributed by atoms with Crippen LogP contribution < -0.4 is 5.56 Å². The van der Waals surface area contributed by atoms with Crippen LogP contribution in [0.2, 0.25) is 0 Å². The first kappa shape index (κ1) is 19.3. The molecule has 0 aliphatic carbocycles. The molecule has 1 atom stereocenters. The fourth-order valence-electron chi connectivity index (χ4n) is 3.07. The number of thiophene rings is 1. The lowest BCUT2D eigenvalue weighted by molar-refractivity contribution is -0.147. The van der Waals surface area contributed by atoms with Gasteiger partial charge in [0.2, 0.25) is 0 Å². The van der Waals surface area contributed by atoms with Crippen LogP contribution in [0.3, 0.4) is 0 Å². The van der Waals surface area contributed by atoms with E-state index in [1.165, 1.54) is 33.4 Å². The van der Waals surface area contributed by atoms with E-state index in [9.17, 15) is 9.59 Å². The maximum absolute atomic E-state index is 13.2. The first-order valence-corrected chi connectivity index (χ1v) is 9.91. The second-order valence-electron chi connectivity index (χ2n) is 6.81. The Labute approximate surface area is 162 Å². The first-order valence-electron chi connectivity index (χ1n) is 9.09. The molecule has 0 bridgehead atoms. The van der Waals surface area contributed by atoms with Crippen molar-refractivity contribution in [2.24, 2.45) is 0 Å². The summed E-state index contributed by atoms with van der Waals surface area (Å²) in [4.78, 5) is 31.6. The monoisotopic (exact) mass is 384 g/mol. The molecule has 2 heterocycles. The number of aromatic nitrogens is 2. The van der Waals surface area contributed by atoms with Crippen LogP contribution in [0.15, 0.2) is 29.3 Å². The standard InChI is InChI=1S/C21H24N2O3S/c1-6-9-26-21(25)14(4)23-11-22-19-18(20(23)24)17(15(5)27-19)16-8-7-12(2)13(3)10-16/h7-8,10-11,14H,6,9H2,1-5H3/t14-/m1/s1. The molecule has 0 fully saturated rings. The van der Waals surface area contributed by atoms with E-state index in [-0.39, 0.29) is 5.56 Å². The van der Waals surface area contributed by atoms with Gasteiger partial charge in [0, 0.05) is 10.4 Å². The van der Waals surface area contributed by atoms with Crippen molar-refractivity contribution in [3.63, 3.8) is 0 Å². The summed E-state index contributed by atoms with van der Waals surface area (Å²) in [6, 6.07) is 5.48. The fourth-order valence-corrected chi connectivity index (χ4v) is 4.08. The molecular formula is C21H24N2O3S. The Balaban J connectivity index is 2.16. The zero-order valence-electron chi connectivity index (χ0n) is 16.3. The summed E-state index contributed by atoms with van der Waals surface area (Å²) in [6.45, 7) is 10.1. The summed E-state index contributed by atoms with van der Waals surface area (Å²) < 4.78 is 6.57. The van der Waals surface area contributed by atoms with Gasteiger partial charge in [-0.05, 0) is 50.8 Å². The molecule has 27 heavy (non-hydrogen) atoms. The van der Waals surface area contributed by atoms with Gasteiger partial charge in [0.05, 0.1) is 18.3 Å². The Morgan fingerprint density at radius 3 is 2.67 bits per heavy atom. The number of nitrogens with zero attached hydrogens (tertiary/aromatic N) is 2. The topological polar surface area (TPSA) is 61.2 Å². The molecule has 0 saturated heterocycles. The third kappa shape index (κ3) is 3.54. The highest BCUT2D eigenvalue weighted by atomic mass is 32.1. The van der Waals surface area contributed by atoms with E-state index in [1.807, 2.05) is 19.9 Å². The Bertz CT molecular complexity index is 1070. The average Bonchev–Trinajstić information content (AvgIpc) is 2.98. The van der Waals surface area contributed by atoms with Crippen LogP contribution in [-0.2, 0) is 9.53 Å². The molecule has 1 aromatic carbocycles. The second-order valence-corrected chi connectivity index (χ2v) is 8.02. The average molecular weight is 385 g/mol. The zero-order valence-corrected chi connectivity index (χ0v) is 17.1. The molecule has 6 heteroatoms. The zero-order chi connectivity index (χ0) is 19.7. The predicted molar refractivity (Wildman–Crippen MR) is 109 cm³/mol. The van der Waals surface area contributed by atoms with Crippen molar-refractivity contribution in [1.82, 2.24) is 9.55 Å². The number of carbonyl (C=O) groups is 1. The number of aryl methyl sites for hydroxylation is 3. The summed E-state index contributed by atoms with van der Waals surface area (Å²) >= 11 is 1.50. The van der Waals surface area contributed by atoms with Gasteiger partial charge >= 0.3 is 5.97 Å². The summed E-state index contributed by atoms with van der Waals surface area (Å²) in [7, 11) is 0. The minimum Gasteiger partial charge on any atom is -0.464 e. The Kier molecular flexibility index (Phi) is 5.46. The SMILES string of the molecule is CCCOC(=O)[C@@H](C)n1cnc2sc(C)c(-c3ccc(C)c(C)c3)c2c1=O. The molecule has 0 amide bonds. The van der Waals surface area contributed by atoms with E-state index in [2.05, 4.69) is 31.0 Å². The third-order valence-electron chi connectivity index (χ3n) is 4.82. The van der Waals surface area contributed by atoms with Crippen molar-refractivity contribution in [1.29, 1.82) is 0 Å². The van der Waals surface area contributed by atoms with E-state index >= 15 is 0 Å². The van der Waals surface area contributed by atoms with E-state index < -0.39 is 12.0 Å². The Morgan fingerprint density at radius 1 is 1.26 bits per heavy atom. The van der Waals surface area contributed by atoms with E-state index in [1.54, 1.807) is 6.92 Å². The molecule has 2 aromatic heterocycles. The van der Waals surface area contributed by atoms with Crippen LogP contribution in [-0.4, -0.2) is 22.1 Å². The maximum Gasteiger partial charge on any atom is 0.328 e. The third-order valence-corrected chi connectivity index (χ3v) is 5.83. The number of benzene rings is 1. The number of rotatable bonds is 5. The molecule has 5 nitrogen and oxygen atoms in total. The number of fused-ring (bicyclic) bond motifs is 1. The molecule has 0 radical (unpaired) electrons. The lowest BCUT2D eigenvalue weighted by atomic mass is 9.99. The number of carbonyl (C=O) groups excluding carboxylic acids is 1. The van der Waals surface area contributed by atoms with Crippen molar-refractivity contribution in [2.45, 2.75) is 47.1 Å². The van der Waals surface area contributed by atoms with E-state index in [4.69, 9.17) is 4.74 Å². The van der Waals surface area contributed by atoms with Gasteiger partial charge in [-0.15, -0.1) is 11.3 Å². The molecule has 0 spiro atoms. The van der Waals surface area contributed by atoms with Crippen molar-refractivity contribution >= 4 is 27.5 Å². The lowest BCUT2D eigenvalue weighted by Crippen LogP contribution is -2.29. The van der Waals surface area contributed by atoms with Gasteiger partial charge in [-0.25, -0.2) is 9.78 Å². The largest absolute Gasteiger partial charge is 0.464 e. The van der Waals surface area contributed by atoms with Gasteiger partial charge in [-0.2, -0.15) is 0 Å². The minimum atomic E-state index is -0.714. The summed E-state index contributed by atoms with van der Waals surface area (Å²) in [5, 5.41) is 0.568. The number of hydrogen-bond acceptors (Lipinski definition) is 5. The Hall–Kier alpha value is -2.47. The molecule has 3 aromatic rings. The highest BCUT2D eigenvalue weighted by Crippen LogP contribution is 2.36. The second kappa shape index (κ2) is 7.64. The van der Waals surface area contributed by atoms with Gasteiger partial charge in [0.15, 0.2) is 0 Å². The van der Waals surface area contributed by atoms with Gasteiger partial charge in [0.1, 0.15) is 10.9 Å². The number of esters is 1. The molecule has 0 aliphatic rings. The molecule has 3 rings (SSSR count). The van der Waals surface area contributed by atoms with Crippen LogP contribution >= 0.6 is 11.3 Å². The number of ether oxygens (including phenoxy) is 1. The van der Waals surface area contributed by atoms with Crippen molar-refractivity contribution < 1.29 is 9.53 Å². The minimum absolute atomic E-state index is 0.210. The number of hydrogen-bond donors (Lipinski definition) is 0. The highest BCUT2D eigenvalue weighted by molar-refractivity contribution is 7.19. The van der Waals surface area contributed by atoms with Crippen LogP contribution in [0.4, 0.5) is 0 Å². The van der Waals surface area contributed by atoms with Crippen LogP contribution in [0.1, 0.15) is 42.3 Å². The summed E-state index contributed by atoms with van der Waals surface area (Å²) in [5.41, 5.74) is 4.07. The molecule has 142 valence electrons. The van der Waals surface area contributed by atoms with Crippen molar-refractivity contribution in [2.75, 3.05) is 6.61 Å². The molecule has 0 N–H and O–H groups in total. The molecule has 0 aliphatic heterocycles. The van der Waals surface area contributed by atoms with Crippen LogP contribution in [0.25, 0.3) is 21.3 Å². The Morgan fingerprint density at radius 2 is 2.00 bits per heavy atom. The van der Waals surface area contributed by atoms with Crippen molar-refractivity contribution in [3.05, 3.63) is 50.9 Å². The lowest BCUT2D eigenvalue weighted by Gasteiger charge is -2.14. The smallest absolute Gasteiger partial charge is 0.328 e. The summed E-state index contributed by atoms with van der Waals surface area (Å²) in [6.07, 6.45) is 2.19.